The fourth-order valence-corrected chi connectivity index (χ4v) is 4.10. The van der Waals surface area contributed by atoms with Crippen molar-refractivity contribution in [2.75, 3.05) is 5.32 Å². The predicted octanol–water partition coefficient (Wildman–Crippen LogP) is 4.51. The van der Waals surface area contributed by atoms with Crippen LogP contribution in [-0.4, -0.2) is 18.0 Å². The van der Waals surface area contributed by atoms with Crippen LogP contribution in [0.5, 0.6) is 0 Å². The van der Waals surface area contributed by atoms with Crippen LogP contribution in [0.25, 0.3) is 0 Å². The van der Waals surface area contributed by atoms with E-state index in [9.17, 15) is 9.59 Å². The average Bonchev–Trinajstić information content (AvgIpc) is 3.05. The Bertz CT molecular complexity index is 740. The number of thiophene rings is 1. The summed E-state index contributed by atoms with van der Waals surface area (Å²) >= 11 is 1.51. The van der Waals surface area contributed by atoms with E-state index in [0.29, 0.717) is 17.0 Å². The van der Waals surface area contributed by atoms with Gasteiger partial charge in [-0.2, -0.15) is 0 Å². The Kier molecular flexibility index (Phi) is 5.53. The van der Waals surface area contributed by atoms with Crippen molar-refractivity contribution in [1.29, 1.82) is 0 Å². The van der Waals surface area contributed by atoms with Crippen molar-refractivity contribution < 1.29 is 14.3 Å². The topological polar surface area (TPSA) is 55.4 Å². The lowest BCUT2D eigenvalue weighted by Gasteiger charge is -2.15. The first-order valence-electron chi connectivity index (χ1n) is 8.77. The minimum Gasteiger partial charge on any atom is -0.448 e. The lowest BCUT2D eigenvalue weighted by Crippen LogP contribution is -2.31. The molecule has 2 aromatic rings. The highest BCUT2D eigenvalue weighted by atomic mass is 32.1. The Balaban J connectivity index is 1.64. The second-order valence-corrected chi connectivity index (χ2v) is 7.56. The number of anilines is 1. The normalized spacial score (nSPS) is 14.5. The van der Waals surface area contributed by atoms with Crippen molar-refractivity contribution in [2.45, 2.75) is 52.1 Å². The van der Waals surface area contributed by atoms with Crippen molar-refractivity contribution in [3.63, 3.8) is 0 Å². The van der Waals surface area contributed by atoms with E-state index in [-0.39, 0.29) is 5.91 Å². The van der Waals surface area contributed by atoms with Crippen molar-refractivity contribution >= 4 is 28.9 Å². The largest absolute Gasteiger partial charge is 0.448 e. The molecule has 0 saturated heterocycles. The van der Waals surface area contributed by atoms with E-state index in [0.717, 1.165) is 18.4 Å². The van der Waals surface area contributed by atoms with Gasteiger partial charge in [0.1, 0.15) is 4.88 Å². The maximum absolute atomic E-state index is 12.4. The van der Waals surface area contributed by atoms with Gasteiger partial charge in [0.15, 0.2) is 6.10 Å². The van der Waals surface area contributed by atoms with Gasteiger partial charge in [-0.1, -0.05) is 24.6 Å². The molecule has 1 atom stereocenters. The molecule has 1 N–H and O–H groups in total. The number of rotatable bonds is 5. The minimum absolute atomic E-state index is 0.291. The fraction of sp³-hybridized carbons (Fsp3) is 0.400. The number of carbonyl (C=O) groups excluding carboxylic acids is 2. The molecule has 0 aliphatic heterocycles. The van der Waals surface area contributed by atoms with Crippen LogP contribution >= 0.6 is 11.3 Å². The number of hydrogen-bond acceptors (Lipinski definition) is 4. The van der Waals surface area contributed by atoms with Gasteiger partial charge in [0, 0.05) is 10.6 Å². The summed E-state index contributed by atoms with van der Waals surface area (Å²) in [5, 5.41) is 2.81. The highest BCUT2D eigenvalue weighted by Crippen LogP contribution is 2.30. The molecule has 0 saturated carbocycles. The summed E-state index contributed by atoms with van der Waals surface area (Å²) in [7, 11) is 0. The fourth-order valence-electron chi connectivity index (χ4n) is 2.96. The Labute approximate surface area is 152 Å². The number of fused-ring (bicyclic) bond motifs is 1. The summed E-state index contributed by atoms with van der Waals surface area (Å²) in [5.41, 5.74) is 3.09. The summed E-state index contributed by atoms with van der Waals surface area (Å²) in [6.45, 7) is 3.83. The van der Waals surface area contributed by atoms with E-state index in [1.807, 2.05) is 44.2 Å². The SMILES string of the molecule is CCC(OC(=O)c1cc2c(s1)CCCC2)C(=O)Nc1ccc(C)cc1. The molecule has 4 nitrogen and oxygen atoms in total. The number of esters is 1. The van der Waals surface area contributed by atoms with Crippen LogP contribution in [0.15, 0.2) is 30.3 Å². The highest BCUT2D eigenvalue weighted by molar-refractivity contribution is 7.14. The lowest BCUT2D eigenvalue weighted by molar-refractivity contribution is -0.124. The first-order valence-corrected chi connectivity index (χ1v) is 9.58. The Morgan fingerprint density at radius 1 is 1.20 bits per heavy atom. The minimum atomic E-state index is -0.784. The van der Waals surface area contributed by atoms with Crippen LogP contribution in [0.1, 0.15) is 51.9 Å². The molecule has 0 radical (unpaired) electrons. The van der Waals surface area contributed by atoms with Crippen molar-refractivity contribution in [1.82, 2.24) is 0 Å². The number of benzene rings is 1. The smallest absolute Gasteiger partial charge is 0.349 e. The molecule has 1 aliphatic rings. The molecular weight excluding hydrogens is 334 g/mol. The standard InChI is InChI=1S/C20H23NO3S/c1-3-16(19(22)21-15-10-8-13(2)9-11-15)24-20(23)18-12-14-6-4-5-7-17(14)25-18/h8-12,16H,3-7H2,1-2H3,(H,21,22). The second-order valence-electron chi connectivity index (χ2n) is 6.42. The molecule has 0 bridgehead atoms. The molecule has 1 unspecified atom stereocenters. The van der Waals surface area contributed by atoms with Crippen LogP contribution in [0.3, 0.4) is 0 Å². The average molecular weight is 357 g/mol. The van der Waals surface area contributed by atoms with Gasteiger partial charge in [-0.15, -0.1) is 11.3 Å². The summed E-state index contributed by atoms with van der Waals surface area (Å²) in [6.07, 6.45) is 4.08. The van der Waals surface area contributed by atoms with Gasteiger partial charge in [-0.05, 0) is 62.8 Å². The third kappa shape index (κ3) is 4.28. The summed E-state index contributed by atoms with van der Waals surface area (Å²) in [6, 6.07) is 9.48. The Morgan fingerprint density at radius 2 is 1.92 bits per heavy atom. The zero-order chi connectivity index (χ0) is 17.8. The van der Waals surface area contributed by atoms with E-state index in [1.165, 1.54) is 34.6 Å². The number of amides is 1. The number of nitrogens with one attached hydrogen (secondary N) is 1. The molecular formula is C20H23NO3S. The molecule has 25 heavy (non-hydrogen) atoms. The van der Waals surface area contributed by atoms with Gasteiger partial charge in [-0.3, -0.25) is 4.79 Å². The molecule has 1 heterocycles. The molecule has 0 fully saturated rings. The van der Waals surface area contributed by atoms with Gasteiger partial charge in [-0.25, -0.2) is 4.79 Å². The van der Waals surface area contributed by atoms with Crippen LogP contribution in [0, 0.1) is 6.92 Å². The van der Waals surface area contributed by atoms with Gasteiger partial charge in [0.25, 0.3) is 5.91 Å². The molecule has 1 aromatic heterocycles. The molecule has 1 aromatic carbocycles. The van der Waals surface area contributed by atoms with Crippen molar-refractivity contribution in [3.05, 3.63) is 51.2 Å². The van der Waals surface area contributed by atoms with Gasteiger partial charge in [0.2, 0.25) is 0 Å². The number of hydrogen-bond donors (Lipinski definition) is 1. The number of aryl methyl sites for hydroxylation is 3. The Hall–Kier alpha value is -2.14. The van der Waals surface area contributed by atoms with E-state index >= 15 is 0 Å². The van der Waals surface area contributed by atoms with E-state index in [2.05, 4.69) is 5.32 Å². The summed E-state index contributed by atoms with van der Waals surface area (Å²) < 4.78 is 5.48. The molecule has 5 heteroatoms. The molecule has 1 amide bonds. The Morgan fingerprint density at radius 3 is 2.60 bits per heavy atom. The third-order valence-corrected chi connectivity index (χ3v) is 5.65. The molecule has 132 valence electrons. The zero-order valence-electron chi connectivity index (χ0n) is 14.6. The van der Waals surface area contributed by atoms with Crippen LogP contribution in [0.4, 0.5) is 5.69 Å². The number of carbonyl (C=O) groups is 2. The lowest BCUT2D eigenvalue weighted by atomic mass is 9.99. The van der Waals surface area contributed by atoms with Gasteiger partial charge in [0.05, 0.1) is 0 Å². The summed E-state index contributed by atoms with van der Waals surface area (Å²) in [4.78, 5) is 26.7. The van der Waals surface area contributed by atoms with E-state index in [4.69, 9.17) is 4.74 Å². The first-order chi connectivity index (χ1) is 12.1. The second kappa shape index (κ2) is 7.83. The van der Waals surface area contributed by atoms with Crippen molar-refractivity contribution in [3.8, 4) is 0 Å². The maximum Gasteiger partial charge on any atom is 0.349 e. The highest BCUT2D eigenvalue weighted by Gasteiger charge is 2.24. The number of ether oxygens (including phenoxy) is 1. The van der Waals surface area contributed by atoms with Gasteiger partial charge < -0.3 is 10.1 Å². The van der Waals surface area contributed by atoms with Crippen molar-refractivity contribution in [2.24, 2.45) is 0 Å². The molecule has 1 aliphatic carbocycles. The molecule has 3 rings (SSSR count). The van der Waals surface area contributed by atoms with Gasteiger partial charge >= 0.3 is 5.97 Å². The first kappa shape index (κ1) is 17.7. The van der Waals surface area contributed by atoms with E-state index < -0.39 is 12.1 Å². The molecule has 0 spiro atoms. The third-order valence-electron chi connectivity index (χ3n) is 4.43. The van der Waals surface area contributed by atoms with Crippen LogP contribution < -0.4 is 5.32 Å². The summed E-state index contributed by atoms with van der Waals surface area (Å²) in [5.74, 6) is -0.689. The van der Waals surface area contributed by atoms with Crippen LogP contribution in [-0.2, 0) is 22.4 Å². The quantitative estimate of drug-likeness (QED) is 0.801. The zero-order valence-corrected chi connectivity index (χ0v) is 15.4. The monoisotopic (exact) mass is 357 g/mol. The van der Waals surface area contributed by atoms with Crippen LogP contribution in [0.2, 0.25) is 0 Å². The van der Waals surface area contributed by atoms with E-state index in [1.54, 1.807) is 0 Å². The predicted molar refractivity (Wildman–Crippen MR) is 100 cm³/mol. The maximum atomic E-state index is 12.4.